The van der Waals surface area contributed by atoms with Crippen LogP contribution in [0.4, 0.5) is 5.82 Å². The van der Waals surface area contributed by atoms with E-state index >= 15 is 0 Å². The molecule has 0 amide bonds. The van der Waals surface area contributed by atoms with Crippen LogP contribution in [0.1, 0.15) is 20.3 Å². The van der Waals surface area contributed by atoms with Gasteiger partial charge in [0.05, 0.1) is 5.02 Å². The molecule has 0 aromatic carbocycles. The summed E-state index contributed by atoms with van der Waals surface area (Å²) < 4.78 is 25.9. The van der Waals surface area contributed by atoms with Gasteiger partial charge in [0.1, 0.15) is 4.90 Å². The molecule has 0 unspecified atom stereocenters. The van der Waals surface area contributed by atoms with Crippen LogP contribution in [0, 0.1) is 0 Å². The Morgan fingerprint density at radius 1 is 1.50 bits per heavy atom. The van der Waals surface area contributed by atoms with Gasteiger partial charge in [-0.05, 0) is 12.5 Å². The molecule has 3 N–H and O–H groups in total. The molecule has 1 aromatic rings. The molecular formula is C10H17ClN4O2S. The number of halogens is 1. The number of anilines is 1. The van der Waals surface area contributed by atoms with Crippen LogP contribution in [0.3, 0.4) is 0 Å². The van der Waals surface area contributed by atoms with E-state index in [0.717, 1.165) is 6.42 Å². The Balaban J connectivity index is 3.15. The Labute approximate surface area is 112 Å². The van der Waals surface area contributed by atoms with E-state index in [1.807, 2.05) is 6.92 Å². The van der Waals surface area contributed by atoms with E-state index in [-0.39, 0.29) is 15.7 Å². The minimum absolute atomic E-state index is 0.0711. The quantitative estimate of drug-likeness (QED) is 0.612. The lowest BCUT2D eigenvalue weighted by Gasteiger charge is -2.19. The lowest BCUT2D eigenvalue weighted by atomic mass is 10.5. The highest BCUT2D eigenvalue weighted by atomic mass is 35.5. The van der Waals surface area contributed by atoms with Gasteiger partial charge in [0, 0.05) is 19.3 Å². The molecule has 8 heteroatoms. The third-order valence-electron chi connectivity index (χ3n) is 2.42. The number of sulfonamides is 1. The molecule has 0 aliphatic carbocycles. The van der Waals surface area contributed by atoms with E-state index in [9.17, 15) is 8.42 Å². The van der Waals surface area contributed by atoms with E-state index in [1.165, 1.54) is 16.6 Å². The molecule has 6 nitrogen and oxygen atoms in total. The van der Waals surface area contributed by atoms with Gasteiger partial charge in [0.15, 0.2) is 5.82 Å². The predicted molar refractivity (Wildman–Crippen MR) is 71.8 cm³/mol. The number of hydrogen-bond donors (Lipinski definition) is 2. The van der Waals surface area contributed by atoms with Gasteiger partial charge in [-0.2, -0.15) is 4.31 Å². The Bertz CT molecular complexity index is 507. The van der Waals surface area contributed by atoms with Crippen molar-refractivity contribution in [2.75, 3.05) is 18.5 Å². The van der Waals surface area contributed by atoms with E-state index in [4.69, 9.17) is 17.4 Å². The fourth-order valence-electron chi connectivity index (χ4n) is 1.51. The van der Waals surface area contributed by atoms with Gasteiger partial charge >= 0.3 is 0 Å². The Hall–Kier alpha value is -0.890. The fraction of sp³-hybridized carbons (Fsp3) is 0.500. The lowest BCUT2D eigenvalue weighted by molar-refractivity contribution is 0.427. The van der Waals surface area contributed by atoms with Crippen LogP contribution in [0.2, 0.25) is 5.02 Å². The maximum absolute atomic E-state index is 12.3. The summed E-state index contributed by atoms with van der Waals surface area (Å²) in [5.41, 5.74) is 2.29. The molecule has 1 aromatic heterocycles. The number of aromatic nitrogens is 1. The second-order valence-corrected chi connectivity index (χ2v) is 5.99. The average Bonchev–Trinajstić information content (AvgIpc) is 2.35. The highest BCUT2D eigenvalue weighted by Gasteiger charge is 2.23. The van der Waals surface area contributed by atoms with Crippen LogP contribution in [0.15, 0.2) is 17.2 Å². The van der Waals surface area contributed by atoms with Crippen LogP contribution >= 0.6 is 11.6 Å². The van der Waals surface area contributed by atoms with Gasteiger partial charge in [-0.15, -0.1) is 0 Å². The number of nitrogens with zero attached hydrogens (tertiary/aromatic N) is 2. The summed E-state index contributed by atoms with van der Waals surface area (Å²) in [7, 11) is -3.54. The number of nitrogens with two attached hydrogens (primary N) is 1. The van der Waals surface area contributed by atoms with Crippen molar-refractivity contribution in [3.05, 3.63) is 17.3 Å². The smallest absolute Gasteiger partial charge is 0.244 e. The summed E-state index contributed by atoms with van der Waals surface area (Å²) in [6.45, 7) is 4.58. The standard InChI is InChI=1S/C10H17ClN4O2S/c1-3-5-15(4-2)18(16,17)8-6-9(11)10(14-12)13-7-8/h6-7H,3-5,12H2,1-2H3,(H,13,14). The average molecular weight is 293 g/mol. The minimum Gasteiger partial charge on any atom is -0.307 e. The zero-order valence-electron chi connectivity index (χ0n) is 10.4. The minimum atomic E-state index is -3.54. The number of rotatable bonds is 6. The monoisotopic (exact) mass is 292 g/mol. The largest absolute Gasteiger partial charge is 0.307 e. The first kappa shape index (κ1) is 15.2. The first-order valence-corrected chi connectivity index (χ1v) is 7.41. The molecule has 0 bridgehead atoms. The summed E-state index contributed by atoms with van der Waals surface area (Å²) in [5.74, 6) is 5.43. The maximum Gasteiger partial charge on any atom is 0.244 e. The first-order valence-electron chi connectivity index (χ1n) is 5.59. The molecular weight excluding hydrogens is 276 g/mol. The lowest BCUT2D eigenvalue weighted by Crippen LogP contribution is -2.31. The third kappa shape index (κ3) is 3.11. The number of nitrogen functional groups attached to an aromatic ring is 1. The van der Waals surface area contributed by atoms with Gasteiger partial charge in [0.25, 0.3) is 0 Å². The van der Waals surface area contributed by atoms with Crippen LogP contribution in [0.25, 0.3) is 0 Å². The molecule has 0 saturated carbocycles. The Kier molecular flexibility index (Phi) is 5.33. The molecule has 0 aliphatic rings. The van der Waals surface area contributed by atoms with Crippen molar-refractivity contribution in [2.24, 2.45) is 5.84 Å². The van der Waals surface area contributed by atoms with Crippen molar-refractivity contribution in [2.45, 2.75) is 25.2 Å². The van der Waals surface area contributed by atoms with E-state index in [1.54, 1.807) is 6.92 Å². The molecule has 18 heavy (non-hydrogen) atoms. The highest BCUT2D eigenvalue weighted by Crippen LogP contribution is 2.23. The number of pyridine rings is 1. The fourth-order valence-corrected chi connectivity index (χ4v) is 3.31. The van der Waals surface area contributed by atoms with Gasteiger partial charge in [-0.25, -0.2) is 19.2 Å². The van der Waals surface area contributed by atoms with Crippen molar-refractivity contribution in [3.63, 3.8) is 0 Å². The third-order valence-corrected chi connectivity index (χ3v) is 4.64. The predicted octanol–water partition coefficient (Wildman–Crippen LogP) is 1.44. The van der Waals surface area contributed by atoms with Gasteiger partial charge in [-0.1, -0.05) is 25.4 Å². The topological polar surface area (TPSA) is 88.3 Å². The molecule has 0 aliphatic heterocycles. The van der Waals surface area contributed by atoms with Crippen LogP contribution in [-0.4, -0.2) is 30.8 Å². The highest BCUT2D eigenvalue weighted by molar-refractivity contribution is 7.89. The molecule has 0 atom stereocenters. The molecule has 102 valence electrons. The Morgan fingerprint density at radius 3 is 2.61 bits per heavy atom. The summed E-state index contributed by atoms with van der Waals surface area (Å²) in [5, 5.41) is 0.172. The molecule has 0 spiro atoms. The number of hydrogen-bond acceptors (Lipinski definition) is 5. The van der Waals surface area contributed by atoms with Gasteiger partial charge in [-0.3, -0.25) is 0 Å². The van der Waals surface area contributed by atoms with Crippen molar-refractivity contribution < 1.29 is 8.42 Å². The molecule has 1 rings (SSSR count). The Morgan fingerprint density at radius 2 is 2.17 bits per heavy atom. The first-order chi connectivity index (χ1) is 8.47. The number of hydrazine groups is 1. The van der Waals surface area contributed by atoms with Crippen LogP contribution in [-0.2, 0) is 10.0 Å². The summed E-state index contributed by atoms with van der Waals surface area (Å²) in [6.07, 6.45) is 1.99. The van der Waals surface area contributed by atoms with E-state index in [0.29, 0.717) is 13.1 Å². The van der Waals surface area contributed by atoms with Crippen molar-refractivity contribution >= 4 is 27.4 Å². The second-order valence-electron chi connectivity index (χ2n) is 3.64. The van der Waals surface area contributed by atoms with Crippen molar-refractivity contribution in [1.82, 2.24) is 9.29 Å². The zero-order valence-corrected chi connectivity index (χ0v) is 11.9. The SMILES string of the molecule is CCCN(CC)S(=O)(=O)c1cnc(NN)c(Cl)c1. The van der Waals surface area contributed by atoms with E-state index in [2.05, 4.69) is 10.4 Å². The van der Waals surface area contributed by atoms with Crippen LogP contribution in [0.5, 0.6) is 0 Å². The zero-order chi connectivity index (χ0) is 13.8. The second kappa shape index (κ2) is 6.33. The molecule has 0 radical (unpaired) electrons. The summed E-state index contributed by atoms with van der Waals surface area (Å²) in [4.78, 5) is 3.94. The number of nitrogens with one attached hydrogen (secondary N) is 1. The van der Waals surface area contributed by atoms with Crippen LogP contribution < -0.4 is 11.3 Å². The molecule has 0 fully saturated rings. The van der Waals surface area contributed by atoms with Gasteiger partial charge in [0.2, 0.25) is 10.0 Å². The van der Waals surface area contributed by atoms with Crippen molar-refractivity contribution in [1.29, 1.82) is 0 Å². The van der Waals surface area contributed by atoms with E-state index < -0.39 is 10.0 Å². The molecule has 0 saturated heterocycles. The summed E-state index contributed by atoms with van der Waals surface area (Å²) in [6, 6.07) is 1.34. The summed E-state index contributed by atoms with van der Waals surface area (Å²) >= 11 is 5.87. The van der Waals surface area contributed by atoms with Gasteiger partial charge < -0.3 is 5.43 Å². The maximum atomic E-state index is 12.3. The normalized spacial score (nSPS) is 11.8. The van der Waals surface area contributed by atoms with Crippen molar-refractivity contribution in [3.8, 4) is 0 Å². The molecule has 1 heterocycles.